The zero-order valence-corrected chi connectivity index (χ0v) is 8.20. The van der Waals surface area contributed by atoms with Crippen LogP contribution in [-0.2, 0) is 0 Å². The maximum absolute atomic E-state index is 5.45. The van der Waals surface area contributed by atoms with Crippen molar-refractivity contribution in [3.8, 4) is 0 Å². The number of hydrogen-bond acceptors (Lipinski definition) is 3. The van der Waals surface area contributed by atoms with Crippen LogP contribution in [0.5, 0.6) is 0 Å². The highest BCUT2D eigenvalue weighted by Crippen LogP contribution is 2.07. The Morgan fingerprint density at radius 1 is 1.25 bits per heavy atom. The molecule has 0 saturated heterocycles. The first-order chi connectivity index (χ1) is 5.70. The normalized spacial score (nSPS) is 8.33. The fourth-order valence-electron chi connectivity index (χ4n) is 0.662. The van der Waals surface area contributed by atoms with E-state index >= 15 is 0 Å². The lowest BCUT2D eigenvalue weighted by molar-refractivity contribution is 1.07. The first-order valence-electron chi connectivity index (χ1n) is 4.09. The molecule has 3 nitrogen and oxygen atoms in total. The predicted molar refractivity (Wildman–Crippen MR) is 54.3 cm³/mol. The summed E-state index contributed by atoms with van der Waals surface area (Å²) in [6.45, 7) is 4.00. The quantitative estimate of drug-likeness (QED) is 0.693. The Morgan fingerprint density at radius 2 is 1.83 bits per heavy atom. The molecule has 1 aromatic rings. The minimum Gasteiger partial charge on any atom is -0.397 e. The summed E-state index contributed by atoms with van der Waals surface area (Å²) in [4.78, 5) is 6.01. The van der Waals surface area contributed by atoms with Gasteiger partial charge in [-0.3, -0.25) is 0 Å². The summed E-state index contributed by atoms with van der Waals surface area (Å²) in [6.07, 6.45) is 1.65. The molecule has 1 rings (SSSR count). The lowest BCUT2D eigenvalue weighted by Crippen LogP contribution is -2.10. The van der Waals surface area contributed by atoms with E-state index in [1.54, 1.807) is 6.20 Å². The third-order valence-electron chi connectivity index (χ3n) is 1.23. The molecule has 1 heterocycles. The molecule has 0 aliphatic carbocycles. The number of nitrogens with two attached hydrogens (primary N) is 1. The van der Waals surface area contributed by atoms with Gasteiger partial charge in [0, 0.05) is 14.1 Å². The molecule has 0 amide bonds. The maximum atomic E-state index is 5.45. The Balaban J connectivity index is 0.000000561. The van der Waals surface area contributed by atoms with Crippen molar-refractivity contribution in [1.82, 2.24) is 4.98 Å². The van der Waals surface area contributed by atoms with Crippen molar-refractivity contribution in [3.63, 3.8) is 0 Å². The van der Waals surface area contributed by atoms with Crippen LogP contribution in [0, 0.1) is 0 Å². The van der Waals surface area contributed by atoms with Crippen molar-refractivity contribution < 1.29 is 0 Å². The van der Waals surface area contributed by atoms with Gasteiger partial charge in [-0.2, -0.15) is 0 Å². The van der Waals surface area contributed by atoms with E-state index < -0.39 is 0 Å². The van der Waals surface area contributed by atoms with Gasteiger partial charge in [-0.05, 0) is 12.1 Å². The number of anilines is 2. The summed E-state index contributed by atoms with van der Waals surface area (Å²) < 4.78 is 0. The summed E-state index contributed by atoms with van der Waals surface area (Å²) >= 11 is 0. The predicted octanol–water partition coefficient (Wildman–Crippen LogP) is 1.76. The van der Waals surface area contributed by atoms with E-state index in [4.69, 9.17) is 5.73 Å². The number of hydrogen-bond donors (Lipinski definition) is 1. The molecule has 0 aliphatic rings. The largest absolute Gasteiger partial charge is 0.397 e. The minimum absolute atomic E-state index is 0.700. The van der Waals surface area contributed by atoms with E-state index in [0.29, 0.717) is 5.69 Å². The van der Waals surface area contributed by atoms with Crippen molar-refractivity contribution in [2.75, 3.05) is 24.7 Å². The van der Waals surface area contributed by atoms with Gasteiger partial charge >= 0.3 is 0 Å². The first kappa shape index (κ1) is 10.8. The van der Waals surface area contributed by atoms with Gasteiger partial charge in [-0.25, -0.2) is 4.98 Å². The molecule has 0 saturated carbocycles. The highest BCUT2D eigenvalue weighted by atomic mass is 15.1. The van der Waals surface area contributed by atoms with Crippen molar-refractivity contribution in [2.24, 2.45) is 0 Å². The second-order valence-corrected chi connectivity index (χ2v) is 2.34. The fourth-order valence-corrected chi connectivity index (χ4v) is 0.662. The highest BCUT2D eigenvalue weighted by Gasteiger charge is 1.92. The van der Waals surface area contributed by atoms with Gasteiger partial charge in [-0.15, -0.1) is 0 Å². The van der Waals surface area contributed by atoms with Crippen LogP contribution in [0.2, 0.25) is 0 Å². The van der Waals surface area contributed by atoms with Crippen LogP contribution in [-0.4, -0.2) is 19.1 Å². The van der Waals surface area contributed by atoms with Gasteiger partial charge < -0.3 is 10.6 Å². The molecule has 0 fully saturated rings. The van der Waals surface area contributed by atoms with Crippen molar-refractivity contribution >= 4 is 11.5 Å². The lowest BCUT2D eigenvalue weighted by Gasteiger charge is -2.09. The molecule has 0 aliphatic heterocycles. The maximum Gasteiger partial charge on any atom is 0.128 e. The van der Waals surface area contributed by atoms with Crippen LogP contribution in [0.25, 0.3) is 0 Å². The Bertz CT molecular complexity index is 204. The molecule has 0 atom stereocenters. The number of nitrogens with zero attached hydrogens (tertiary/aromatic N) is 2. The van der Waals surface area contributed by atoms with Crippen molar-refractivity contribution in [2.45, 2.75) is 13.8 Å². The molecule has 12 heavy (non-hydrogen) atoms. The molecule has 0 spiro atoms. The second-order valence-electron chi connectivity index (χ2n) is 2.34. The van der Waals surface area contributed by atoms with E-state index in [9.17, 15) is 0 Å². The molecule has 0 aromatic carbocycles. The minimum atomic E-state index is 0.700. The van der Waals surface area contributed by atoms with Crippen LogP contribution in [0.1, 0.15) is 13.8 Å². The van der Waals surface area contributed by atoms with E-state index in [2.05, 4.69) is 4.98 Å². The van der Waals surface area contributed by atoms with E-state index in [0.717, 1.165) is 5.82 Å². The Hall–Kier alpha value is -1.25. The average Bonchev–Trinajstić information content (AvgIpc) is 2.09. The van der Waals surface area contributed by atoms with Crippen molar-refractivity contribution in [1.29, 1.82) is 0 Å². The molecule has 3 heteroatoms. The summed E-state index contributed by atoms with van der Waals surface area (Å²) in [5.41, 5.74) is 6.15. The number of aromatic nitrogens is 1. The zero-order chi connectivity index (χ0) is 9.56. The smallest absolute Gasteiger partial charge is 0.128 e. The second kappa shape index (κ2) is 5.41. The van der Waals surface area contributed by atoms with Gasteiger partial charge in [0.25, 0.3) is 0 Å². The van der Waals surface area contributed by atoms with Gasteiger partial charge in [0.05, 0.1) is 11.9 Å². The monoisotopic (exact) mass is 167 g/mol. The third-order valence-corrected chi connectivity index (χ3v) is 1.23. The molecule has 0 bridgehead atoms. The van der Waals surface area contributed by atoms with Crippen LogP contribution in [0.3, 0.4) is 0 Å². The Kier molecular flexibility index (Phi) is 4.84. The topological polar surface area (TPSA) is 42.1 Å². The molecule has 1 aromatic heterocycles. The van der Waals surface area contributed by atoms with Crippen LogP contribution >= 0.6 is 0 Å². The number of rotatable bonds is 1. The summed E-state index contributed by atoms with van der Waals surface area (Å²) in [6, 6.07) is 3.72. The molecule has 2 N–H and O–H groups in total. The number of pyridine rings is 1. The van der Waals surface area contributed by atoms with Crippen LogP contribution < -0.4 is 10.6 Å². The molecule has 0 radical (unpaired) electrons. The van der Waals surface area contributed by atoms with Gasteiger partial charge in [0.1, 0.15) is 5.82 Å². The highest BCUT2D eigenvalue weighted by molar-refractivity contribution is 5.44. The van der Waals surface area contributed by atoms with E-state index in [1.165, 1.54) is 0 Å². The standard InChI is InChI=1S/C7H11N3.C2H6/c1-10(2)7-4-3-6(8)5-9-7;1-2/h3-5H,8H2,1-2H3;1-2H3. The average molecular weight is 167 g/mol. The molecule has 68 valence electrons. The SMILES string of the molecule is CC.CN(C)c1ccc(N)cn1. The van der Waals surface area contributed by atoms with Crippen LogP contribution in [0.15, 0.2) is 18.3 Å². The summed E-state index contributed by atoms with van der Waals surface area (Å²) in [5.74, 6) is 0.925. The first-order valence-corrected chi connectivity index (χ1v) is 4.09. The third kappa shape index (κ3) is 3.23. The molecular weight excluding hydrogens is 150 g/mol. The van der Waals surface area contributed by atoms with Gasteiger partial charge in [-0.1, -0.05) is 13.8 Å². The van der Waals surface area contributed by atoms with Gasteiger partial charge in [0.2, 0.25) is 0 Å². The number of nitrogen functional groups attached to an aromatic ring is 1. The van der Waals surface area contributed by atoms with Crippen LogP contribution in [0.4, 0.5) is 11.5 Å². The fraction of sp³-hybridized carbons (Fsp3) is 0.444. The Morgan fingerprint density at radius 3 is 2.17 bits per heavy atom. The summed E-state index contributed by atoms with van der Waals surface area (Å²) in [5, 5.41) is 0. The van der Waals surface area contributed by atoms with E-state index in [-0.39, 0.29) is 0 Å². The Labute approximate surface area is 74.2 Å². The lowest BCUT2D eigenvalue weighted by atomic mass is 10.4. The zero-order valence-electron chi connectivity index (χ0n) is 8.20. The summed E-state index contributed by atoms with van der Waals surface area (Å²) in [7, 11) is 3.89. The van der Waals surface area contributed by atoms with Gasteiger partial charge in [0.15, 0.2) is 0 Å². The molecule has 0 unspecified atom stereocenters. The van der Waals surface area contributed by atoms with Crippen molar-refractivity contribution in [3.05, 3.63) is 18.3 Å². The molecular formula is C9H17N3. The van der Waals surface area contributed by atoms with E-state index in [1.807, 2.05) is 45.0 Å².